The zero-order chi connectivity index (χ0) is 26.3. The predicted octanol–water partition coefficient (Wildman–Crippen LogP) is 2.89. The van der Waals surface area contributed by atoms with Gasteiger partial charge in [0.25, 0.3) is 11.8 Å². The summed E-state index contributed by atoms with van der Waals surface area (Å²) in [4.78, 5) is 54.7. The van der Waals surface area contributed by atoms with Crippen molar-refractivity contribution in [3.05, 3.63) is 59.2 Å². The molecule has 1 unspecified atom stereocenters. The number of fused-ring (bicyclic) bond motifs is 1. The van der Waals surface area contributed by atoms with Crippen molar-refractivity contribution in [1.29, 1.82) is 0 Å². The molecule has 10 nitrogen and oxygen atoms in total. The van der Waals surface area contributed by atoms with Crippen LogP contribution in [0.2, 0.25) is 0 Å². The Bertz CT molecular complexity index is 1250. The molecule has 0 aliphatic carbocycles. The van der Waals surface area contributed by atoms with Crippen LogP contribution in [0.15, 0.2) is 42.5 Å². The predicted molar refractivity (Wildman–Crippen MR) is 131 cm³/mol. The summed E-state index contributed by atoms with van der Waals surface area (Å²) in [5.74, 6) is 0.369. The lowest BCUT2D eigenvalue weighted by molar-refractivity contribution is -0.153. The lowest BCUT2D eigenvalue weighted by atomic mass is 10.0. The van der Waals surface area contributed by atoms with Crippen molar-refractivity contribution >= 4 is 23.8 Å². The van der Waals surface area contributed by atoms with Gasteiger partial charge in [-0.1, -0.05) is 12.1 Å². The summed E-state index contributed by atoms with van der Waals surface area (Å²) in [6, 6.07) is 11.3. The molecule has 194 valence electrons. The van der Waals surface area contributed by atoms with Crippen LogP contribution >= 0.6 is 0 Å². The highest BCUT2D eigenvalue weighted by Crippen LogP contribution is 2.33. The molecule has 2 aromatic rings. The lowest BCUT2D eigenvalue weighted by Crippen LogP contribution is -2.54. The third kappa shape index (κ3) is 4.59. The van der Waals surface area contributed by atoms with Crippen LogP contribution in [0.4, 0.5) is 4.79 Å². The van der Waals surface area contributed by atoms with Crippen LogP contribution in [0.5, 0.6) is 11.5 Å². The zero-order valence-electron chi connectivity index (χ0n) is 20.8. The second-order valence-electron chi connectivity index (χ2n) is 9.63. The molecule has 3 heterocycles. The molecule has 10 heteroatoms. The topological polar surface area (TPSA) is 117 Å². The molecular formula is C27H29N3O7. The molecule has 0 aromatic heterocycles. The first-order valence-electron chi connectivity index (χ1n) is 12.3. The summed E-state index contributed by atoms with van der Waals surface area (Å²) in [6.45, 7) is 2.61. The standard InChI is InChI=1S/C27H29N3O7/c1-16-23(11-12-28(16)27(34)35)37-20-7-8-21-18(13-20)15-29(25(21)32)22-9-10-24(31)30(26(22)33)14-17-3-5-19(36-2)6-4-17/h3-8,13,16,22-23H,9-12,14-15H2,1-2H3,(H,34,35)/t16-,22?,23+/m1/s1. The number of nitrogens with zero attached hydrogens (tertiary/aromatic N) is 3. The van der Waals surface area contributed by atoms with Gasteiger partial charge in [-0.2, -0.15) is 0 Å². The van der Waals surface area contributed by atoms with Gasteiger partial charge < -0.3 is 24.4 Å². The summed E-state index contributed by atoms with van der Waals surface area (Å²) >= 11 is 0. The molecule has 3 aliphatic heterocycles. The van der Waals surface area contributed by atoms with Crippen molar-refractivity contribution in [1.82, 2.24) is 14.7 Å². The molecule has 5 rings (SSSR count). The van der Waals surface area contributed by atoms with Crippen molar-refractivity contribution in [2.45, 2.75) is 57.5 Å². The number of imide groups is 1. The summed E-state index contributed by atoms with van der Waals surface area (Å²) in [5, 5.41) is 9.31. The molecule has 37 heavy (non-hydrogen) atoms. The van der Waals surface area contributed by atoms with Crippen LogP contribution in [-0.2, 0) is 22.7 Å². The van der Waals surface area contributed by atoms with Gasteiger partial charge in [0.1, 0.15) is 23.6 Å². The van der Waals surface area contributed by atoms with Gasteiger partial charge in [0.2, 0.25) is 5.91 Å². The molecule has 0 radical (unpaired) electrons. The summed E-state index contributed by atoms with van der Waals surface area (Å²) < 4.78 is 11.2. The van der Waals surface area contributed by atoms with E-state index in [-0.39, 0.29) is 55.8 Å². The molecule has 4 amide bonds. The summed E-state index contributed by atoms with van der Waals surface area (Å²) in [6.07, 6.45) is -0.194. The molecule has 3 atom stereocenters. The van der Waals surface area contributed by atoms with Crippen LogP contribution in [0.1, 0.15) is 47.7 Å². The first kappa shape index (κ1) is 24.6. The first-order valence-corrected chi connectivity index (χ1v) is 12.3. The van der Waals surface area contributed by atoms with E-state index in [0.29, 0.717) is 30.0 Å². The Kier molecular flexibility index (Phi) is 6.49. The third-order valence-corrected chi connectivity index (χ3v) is 7.49. The number of benzene rings is 2. The summed E-state index contributed by atoms with van der Waals surface area (Å²) in [5.41, 5.74) is 2.05. The Morgan fingerprint density at radius 2 is 1.78 bits per heavy atom. The fourth-order valence-electron chi connectivity index (χ4n) is 5.35. The first-order chi connectivity index (χ1) is 17.8. The minimum Gasteiger partial charge on any atom is -0.497 e. The Hall–Kier alpha value is -4.08. The molecule has 2 aromatic carbocycles. The highest BCUT2D eigenvalue weighted by atomic mass is 16.5. The number of likely N-dealkylation sites (tertiary alicyclic amines) is 2. The fraction of sp³-hybridized carbons (Fsp3) is 0.407. The van der Waals surface area contributed by atoms with Crippen LogP contribution < -0.4 is 9.47 Å². The normalized spacial score (nSPS) is 23.5. The maximum absolute atomic E-state index is 13.4. The van der Waals surface area contributed by atoms with Crippen molar-refractivity contribution < 1.29 is 33.8 Å². The molecule has 0 spiro atoms. The van der Waals surface area contributed by atoms with Crippen LogP contribution in [-0.4, -0.2) is 75.5 Å². The molecule has 2 fully saturated rings. The van der Waals surface area contributed by atoms with E-state index in [4.69, 9.17) is 9.47 Å². The maximum atomic E-state index is 13.4. The van der Waals surface area contributed by atoms with Crippen molar-refractivity contribution in [3.8, 4) is 11.5 Å². The number of rotatable bonds is 6. The Morgan fingerprint density at radius 3 is 2.46 bits per heavy atom. The van der Waals surface area contributed by atoms with E-state index < -0.39 is 12.1 Å². The minimum absolute atomic E-state index is 0.137. The molecule has 0 bridgehead atoms. The van der Waals surface area contributed by atoms with Crippen molar-refractivity contribution in [2.75, 3.05) is 13.7 Å². The van der Waals surface area contributed by atoms with Gasteiger partial charge in [0.15, 0.2) is 0 Å². The van der Waals surface area contributed by atoms with Gasteiger partial charge in [-0.15, -0.1) is 0 Å². The average Bonchev–Trinajstić information content (AvgIpc) is 3.41. The second kappa shape index (κ2) is 9.76. The molecule has 0 saturated carbocycles. The highest BCUT2D eigenvalue weighted by Gasteiger charge is 2.43. The largest absolute Gasteiger partial charge is 0.497 e. The third-order valence-electron chi connectivity index (χ3n) is 7.49. The van der Waals surface area contributed by atoms with Crippen LogP contribution in [0.25, 0.3) is 0 Å². The van der Waals surface area contributed by atoms with Crippen LogP contribution in [0.3, 0.4) is 0 Å². The van der Waals surface area contributed by atoms with E-state index in [2.05, 4.69) is 0 Å². The molecular weight excluding hydrogens is 478 g/mol. The van der Waals surface area contributed by atoms with Crippen LogP contribution in [0, 0.1) is 0 Å². The molecule has 1 N–H and O–H groups in total. The van der Waals surface area contributed by atoms with Crippen molar-refractivity contribution in [3.63, 3.8) is 0 Å². The number of piperidine rings is 1. The fourth-order valence-corrected chi connectivity index (χ4v) is 5.35. The highest BCUT2D eigenvalue weighted by molar-refractivity contribution is 6.05. The number of ether oxygens (including phenoxy) is 2. The average molecular weight is 508 g/mol. The number of carbonyl (C=O) groups is 4. The Morgan fingerprint density at radius 1 is 1.05 bits per heavy atom. The van der Waals surface area contributed by atoms with Gasteiger partial charge in [0.05, 0.1) is 19.7 Å². The number of amides is 4. The van der Waals surface area contributed by atoms with Crippen molar-refractivity contribution in [2.24, 2.45) is 0 Å². The minimum atomic E-state index is -0.967. The molecule has 3 aliphatic rings. The SMILES string of the molecule is COc1ccc(CN2C(=O)CCC(N3Cc4cc(O[C@H]5CCN(C(=O)O)[C@@H]5C)ccc4C3=O)C2=O)cc1. The van der Waals surface area contributed by atoms with Gasteiger partial charge >= 0.3 is 6.09 Å². The monoisotopic (exact) mass is 507 g/mol. The maximum Gasteiger partial charge on any atom is 0.407 e. The Balaban J connectivity index is 1.28. The van der Waals surface area contributed by atoms with E-state index in [0.717, 1.165) is 11.1 Å². The van der Waals surface area contributed by atoms with Gasteiger partial charge in [-0.25, -0.2) is 4.79 Å². The van der Waals surface area contributed by atoms with E-state index in [1.807, 2.05) is 19.1 Å². The smallest absolute Gasteiger partial charge is 0.407 e. The van der Waals surface area contributed by atoms with Gasteiger partial charge in [0, 0.05) is 31.5 Å². The van der Waals surface area contributed by atoms with E-state index in [9.17, 15) is 24.3 Å². The number of methoxy groups -OCH3 is 1. The number of carbonyl (C=O) groups excluding carboxylic acids is 3. The van der Waals surface area contributed by atoms with Gasteiger partial charge in [-0.05, 0) is 54.8 Å². The van der Waals surface area contributed by atoms with Gasteiger partial charge in [-0.3, -0.25) is 19.3 Å². The number of hydrogen-bond acceptors (Lipinski definition) is 6. The summed E-state index contributed by atoms with van der Waals surface area (Å²) in [7, 11) is 1.57. The number of hydrogen-bond donors (Lipinski definition) is 1. The quantitative estimate of drug-likeness (QED) is 0.598. The number of carboxylic acid groups (broad SMARTS) is 1. The molecule has 2 saturated heterocycles. The van der Waals surface area contributed by atoms with E-state index in [1.54, 1.807) is 37.4 Å². The Labute approximate surface area is 214 Å². The zero-order valence-corrected chi connectivity index (χ0v) is 20.8. The van der Waals surface area contributed by atoms with E-state index in [1.165, 1.54) is 14.7 Å². The lowest BCUT2D eigenvalue weighted by Gasteiger charge is -2.35. The second-order valence-corrected chi connectivity index (χ2v) is 9.63. The van der Waals surface area contributed by atoms with E-state index >= 15 is 0 Å².